The SMILES string of the molecule is COc1ccc(C=CC(=O)Nc2ccccc2C)c(OC)c1OC. The number of nitrogens with one attached hydrogen (secondary N) is 1. The van der Waals surface area contributed by atoms with Crippen molar-refractivity contribution in [3.8, 4) is 17.2 Å². The summed E-state index contributed by atoms with van der Waals surface area (Å²) < 4.78 is 16.0. The monoisotopic (exact) mass is 327 g/mol. The first kappa shape index (κ1) is 17.4. The van der Waals surface area contributed by atoms with Gasteiger partial charge < -0.3 is 19.5 Å². The molecule has 126 valence electrons. The highest BCUT2D eigenvalue weighted by Crippen LogP contribution is 2.40. The molecule has 0 atom stereocenters. The van der Waals surface area contributed by atoms with Crippen LogP contribution in [0.3, 0.4) is 0 Å². The van der Waals surface area contributed by atoms with Gasteiger partial charge in [0.15, 0.2) is 11.5 Å². The van der Waals surface area contributed by atoms with Gasteiger partial charge in [-0.25, -0.2) is 0 Å². The van der Waals surface area contributed by atoms with Crippen LogP contribution in [0.2, 0.25) is 0 Å². The highest BCUT2D eigenvalue weighted by Gasteiger charge is 2.14. The molecule has 0 aliphatic rings. The number of ether oxygens (including phenoxy) is 3. The van der Waals surface area contributed by atoms with Crippen LogP contribution < -0.4 is 19.5 Å². The molecule has 2 aromatic rings. The molecule has 0 bridgehead atoms. The maximum absolute atomic E-state index is 12.1. The van der Waals surface area contributed by atoms with E-state index in [1.54, 1.807) is 39.5 Å². The maximum Gasteiger partial charge on any atom is 0.248 e. The molecule has 5 nitrogen and oxygen atoms in total. The lowest BCUT2D eigenvalue weighted by Crippen LogP contribution is -2.08. The number of carbonyl (C=O) groups is 1. The van der Waals surface area contributed by atoms with Gasteiger partial charge in [0.2, 0.25) is 11.7 Å². The van der Waals surface area contributed by atoms with Crippen molar-refractivity contribution in [2.45, 2.75) is 6.92 Å². The Labute approximate surface area is 141 Å². The highest BCUT2D eigenvalue weighted by atomic mass is 16.5. The van der Waals surface area contributed by atoms with Crippen molar-refractivity contribution in [2.75, 3.05) is 26.6 Å². The predicted octanol–water partition coefficient (Wildman–Crippen LogP) is 3.67. The number of methoxy groups -OCH3 is 3. The number of carbonyl (C=O) groups excluding carboxylic acids is 1. The highest BCUT2D eigenvalue weighted by molar-refractivity contribution is 6.02. The average molecular weight is 327 g/mol. The van der Waals surface area contributed by atoms with E-state index in [1.165, 1.54) is 6.08 Å². The van der Waals surface area contributed by atoms with Gasteiger partial charge in [0.25, 0.3) is 0 Å². The standard InChI is InChI=1S/C19H21NO4/c1-13-7-5-6-8-15(13)20-17(21)12-10-14-9-11-16(22-2)19(24-4)18(14)23-3/h5-12H,1-4H3,(H,20,21). The van der Waals surface area contributed by atoms with Crippen molar-refractivity contribution in [3.63, 3.8) is 0 Å². The molecule has 2 rings (SSSR count). The van der Waals surface area contributed by atoms with Crippen molar-refractivity contribution in [1.82, 2.24) is 0 Å². The molecule has 0 heterocycles. The first-order valence-corrected chi connectivity index (χ1v) is 7.44. The molecule has 0 aromatic heterocycles. The molecule has 0 aliphatic heterocycles. The first-order valence-electron chi connectivity index (χ1n) is 7.44. The number of rotatable bonds is 6. The van der Waals surface area contributed by atoms with Gasteiger partial charge in [-0.3, -0.25) is 4.79 Å². The van der Waals surface area contributed by atoms with E-state index in [4.69, 9.17) is 14.2 Å². The zero-order valence-corrected chi connectivity index (χ0v) is 14.3. The van der Waals surface area contributed by atoms with Gasteiger partial charge in [0.1, 0.15) is 0 Å². The average Bonchev–Trinajstić information content (AvgIpc) is 2.60. The Balaban J connectivity index is 2.22. The molecule has 1 N–H and O–H groups in total. The van der Waals surface area contributed by atoms with Crippen LogP contribution in [0.1, 0.15) is 11.1 Å². The lowest BCUT2D eigenvalue weighted by atomic mass is 10.1. The van der Waals surface area contributed by atoms with Crippen molar-refractivity contribution in [3.05, 3.63) is 53.6 Å². The summed E-state index contributed by atoms with van der Waals surface area (Å²) >= 11 is 0. The Kier molecular flexibility index (Phi) is 5.84. The largest absolute Gasteiger partial charge is 0.493 e. The van der Waals surface area contributed by atoms with E-state index in [9.17, 15) is 4.79 Å². The number of para-hydroxylation sites is 1. The fourth-order valence-corrected chi connectivity index (χ4v) is 2.31. The predicted molar refractivity (Wildman–Crippen MR) is 94.9 cm³/mol. The Morgan fingerprint density at radius 3 is 2.29 bits per heavy atom. The summed E-state index contributed by atoms with van der Waals surface area (Å²) in [4.78, 5) is 12.1. The molecule has 0 aliphatic carbocycles. The molecule has 1 amide bonds. The number of aryl methyl sites for hydroxylation is 1. The van der Waals surface area contributed by atoms with Gasteiger partial charge in [0.05, 0.1) is 21.3 Å². The van der Waals surface area contributed by atoms with E-state index >= 15 is 0 Å². The Morgan fingerprint density at radius 1 is 0.958 bits per heavy atom. The molecular weight excluding hydrogens is 306 g/mol. The van der Waals surface area contributed by atoms with Crippen LogP contribution in [-0.2, 0) is 4.79 Å². The van der Waals surface area contributed by atoms with Crippen molar-refractivity contribution in [2.24, 2.45) is 0 Å². The lowest BCUT2D eigenvalue weighted by Gasteiger charge is -2.14. The van der Waals surface area contributed by atoms with E-state index < -0.39 is 0 Å². The van der Waals surface area contributed by atoms with E-state index in [2.05, 4.69) is 5.32 Å². The Morgan fingerprint density at radius 2 is 1.67 bits per heavy atom. The summed E-state index contributed by atoms with van der Waals surface area (Å²) in [5.74, 6) is 1.34. The van der Waals surface area contributed by atoms with Gasteiger partial charge >= 0.3 is 0 Å². The van der Waals surface area contributed by atoms with Crippen LogP contribution >= 0.6 is 0 Å². The number of anilines is 1. The maximum atomic E-state index is 12.1. The molecule has 0 saturated carbocycles. The summed E-state index contributed by atoms with van der Waals surface area (Å²) in [6, 6.07) is 11.2. The van der Waals surface area contributed by atoms with E-state index in [0.29, 0.717) is 17.2 Å². The fraction of sp³-hybridized carbons (Fsp3) is 0.211. The number of benzene rings is 2. The number of amides is 1. The van der Waals surface area contributed by atoms with Crippen LogP contribution in [0.15, 0.2) is 42.5 Å². The summed E-state index contributed by atoms with van der Waals surface area (Å²) in [6.45, 7) is 1.94. The third kappa shape index (κ3) is 3.87. The van der Waals surface area contributed by atoms with Crippen LogP contribution in [0.25, 0.3) is 6.08 Å². The number of hydrogen-bond donors (Lipinski definition) is 1. The second-order valence-corrected chi connectivity index (χ2v) is 5.06. The minimum atomic E-state index is -0.221. The van der Waals surface area contributed by atoms with Crippen LogP contribution in [0, 0.1) is 6.92 Å². The molecule has 2 aromatic carbocycles. The van der Waals surface area contributed by atoms with E-state index in [-0.39, 0.29) is 5.91 Å². The Hall–Kier alpha value is -2.95. The Bertz CT molecular complexity index is 753. The van der Waals surface area contributed by atoms with Crippen molar-refractivity contribution >= 4 is 17.7 Å². The molecule has 0 spiro atoms. The summed E-state index contributed by atoms with van der Waals surface area (Å²) in [7, 11) is 4.64. The third-order valence-electron chi connectivity index (χ3n) is 3.55. The first-order chi connectivity index (χ1) is 11.6. The summed E-state index contributed by atoms with van der Waals surface area (Å²) in [5.41, 5.74) is 2.50. The summed E-state index contributed by atoms with van der Waals surface area (Å²) in [6.07, 6.45) is 3.13. The van der Waals surface area contributed by atoms with Crippen molar-refractivity contribution in [1.29, 1.82) is 0 Å². The zero-order chi connectivity index (χ0) is 17.5. The normalized spacial score (nSPS) is 10.5. The van der Waals surface area contributed by atoms with Crippen LogP contribution in [-0.4, -0.2) is 27.2 Å². The van der Waals surface area contributed by atoms with E-state index in [0.717, 1.165) is 16.8 Å². The second kappa shape index (κ2) is 8.06. The van der Waals surface area contributed by atoms with Crippen LogP contribution in [0.4, 0.5) is 5.69 Å². The molecule has 0 unspecified atom stereocenters. The van der Waals surface area contributed by atoms with Crippen LogP contribution in [0.5, 0.6) is 17.2 Å². The van der Waals surface area contributed by atoms with Gasteiger partial charge in [-0.05, 0) is 36.8 Å². The van der Waals surface area contributed by atoms with Gasteiger partial charge in [-0.1, -0.05) is 18.2 Å². The molecule has 0 radical (unpaired) electrons. The molecule has 0 saturated heterocycles. The molecular formula is C19H21NO4. The minimum absolute atomic E-state index is 0.221. The quantitative estimate of drug-likeness (QED) is 0.823. The smallest absolute Gasteiger partial charge is 0.248 e. The molecule has 24 heavy (non-hydrogen) atoms. The molecule has 5 heteroatoms. The lowest BCUT2D eigenvalue weighted by molar-refractivity contribution is -0.111. The topological polar surface area (TPSA) is 56.8 Å². The number of hydrogen-bond acceptors (Lipinski definition) is 4. The summed E-state index contributed by atoms with van der Waals surface area (Å²) in [5, 5.41) is 2.85. The molecule has 0 fully saturated rings. The fourth-order valence-electron chi connectivity index (χ4n) is 2.31. The van der Waals surface area contributed by atoms with Gasteiger partial charge in [0, 0.05) is 17.3 Å². The minimum Gasteiger partial charge on any atom is -0.493 e. The zero-order valence-electron chi connectivity index (χ0n) is 14.3. The van der Waals surface area contributed by atoms with Gasteiger partial charge in [-0.2, -0.15) is 0 Å². The van der Waals surface area contributed by atoms with Gasteiger partial charge in [-0.15, -0.1) is 0 Å². The van der Waals surface area contributed by atoms with E-state index in [1.807, 2.05) is 31.2 Å². The van der Waals surface area contributed by atoms with Crippen molar-refractivity contribution < 1.29 is 19.0 Å². The third-order valence-corrected chi connectivity index (χ3v) is 3.55. The second-order valence-electron chi connectivity index (χ2n) is 5.06.